The van der Waals surface area contributed by atoms with E-state index in [1.165, 1.54) is 43.5 Å². The Morgan fingerprint density at radius 1 is 0.854 bits per heavy atom. The lowest BCUT2D eigenvalue weighted by atomic mass is 10.1. The van der Waals surface area contributed by atoms with Gasteiger partial charge in [0, 0.05) is 18.1 Å². The van der Waals surface area contributed by atoms with Crippen molar-refractivity contribution in [2.45, 2.75) is 12.8 Å². The molecule has 0 spiro atoms. The maximum Gasteiger partial charge on any atom is 0.343 e. The lowest BCUT2D eigenvalue weighted by molar-refractivity contribution is -0.141. The fourth-order valence-corrected chi connectivity index (χ4v) is 3.31. The highest BCUT2D eigenvalue weighted by Gasteiger charge is 2.15. The predicted octanol–water partition coefficient (Wildman–Crippen LogP) is 5.23. The van der Waals surface area contributed by atoms with Gasteiger partial charge < -0.3 is 23.7 Å². The van der Waals surface area contributed by atoms with Gasteiger partial charge in [-0.05, 0) is 59.7 Å². The summed E-state index contributed by atoms with van der Waals surface area (Å²) in [4.78, 5) is 46.8. The molecule has 3 aromatic carbocycles. The van der Waals surface area contributed by atoms with Gasteiger partial charge in [-0.25, -0.2) is 18.8 Å². The summed E-state index contributed by atoms with van der Waals surface area (Å²) in [6.45, 7) is 7.11. The van der Waals surface area contributed by atoms with Crippen molar-refractivity contribution in [1.29, 1.82) is 0 Å². The molecular weight excluding hydrogens is 535 g/mol. The fraction of sp³-hybridized carbons (Fsp3) is 0.161. The molecule has 0 aromatic heterocycles. The highest BCUT2D eigenvalue weighted by atomic mass is 19.1. The Hall–Kier alpha value is -5.25. The van der Waals surface area contributed by atoms with E-state index in [1.807, 2.05) is 0 Å². The van der Waals surface area contributed by atoms with Crippen LogP contribution in [-0.4, -0.2) is 44.2 Å². The minimum atomic E-state index is -0.795. The number of rotatable bonds is 13. The van der Waals surface area contributed by atoms with Crippen molar-refractivity contribution >= 4 is 23.9 Å². The van der Waals surface area contributed by atoms with E-state index < -0.39 is 29.7 Å². The van der Waals surface area contributed by atoms with Gasteiger partial charge in [0.05, 0.1) is 32.3 Å². The van der Waals surface area contributed by atoms with Crippen LogP contribution < -0.4 is 14.2 Å². The molecule has 9 nitrogen and oxygen atoms in total. The molecule has 3 aromatic rings. The fourth-order valence-electron chi connectivity index (χ4n) is 3.31. The van der Waals surface area contributed by atoms with Crippen molar-refractivity contribution in [3.63, 3.8) is 0 Å². The van der Waals surface area contributed by atoms with Crippen LogP contribution in [0.4, 0.5) is 4.39 Å². The molecule has 0 radical (unpaired) electrons. The molecule has 0 aliphatic carbocycles. The van der Waals surface area contributed by atoms with Gasteiger partial charge in [-0.15, -0.1) is 0 Å². The van der Waals surface area contributed by atoms with Gasteiger partial charge in [0.2, 0.25) is 0 Å². The first-order chi connectivity index (χ1) is 19.7. The third kappa shape index (κ3) is 9.17. The summed E-state index contributed by atoms with van der Waals surface area (Å²) in [6, 6.07) is 16.7. The van der Waals surface area contributed by atoms with E-state index in [1.54, 1.807) is 30.3 Å². The van der Waals surface area contributed by atoms with E-state index in [0.717, 1.165) is 6.08 Å². The smallest absolute Gasteiger partial charge is 0.343 e. The van der Waals surface area contributed by atoms with Crippen LogP contribution in [-0.2, 0) is 23.9 Å². The van der Waals surface area contributed by atoms with Crippen LogP contribution in [0.5, 0.6) is 17.2 Å². The predicted molar refractivity (Wildman–Crippen MR) is 146 cm³/mol. The normalized spacial score (nSPS) is 10.2. The number of hydrogen-bond acceptors (Lipinski definition) is 9. The molecule has 41 heavy (non-hydrogen) atoms. The lowest BCUT2D eigenvalue weighted by Crippen LogP contribution is -2.14. The lowest BCUT2D eigenvalue weighted by Gasteiger charge is -2.10. The molecule has 0 atom stereocenters. The van der Waals surface area contributed by atoms with E-state index in [9.17, 15) is 23.6 Å². The van der Waals surface area contributed by atoms with Crippen molar-refractivity contribution in [3.8, 4) is 28.4 Å². The molecule has 0 N–H and O–H groups in total. The molecule has 0 unspecified atom stereocenters. The molecule has 212 valence electrons. The van der Waals surface area contributed by atoms with E-state index in [2.05, 4.69) is 17.9 Å². The van der Waals surface area contributed by atoms with Gasteiger partial charge in [-0.2, -0.15) is 0 Å². The number of carbonyl (C=O) groups excluding carboxylic acids is 4. The average Bonchev–Trinajstić information content (AvgIpc) is 2.98. The van der Waals surface area contributed by atoms with Crippen molar-refractivity contribution in [3.05, 3.63) is 103 Å². The number of halogens is 1. The zero-order valence-corrected chi connectivity index (χ0v) is 22.2. The average molecular weight is 563 g/mol. The van der Waals surface area contributed by atoms with Crippen molar-refractivity contribution in [1.82, 2.24) is 0 Å². The maximum absolute atomic E-state index is 14.5. The minimum Gasteiger partial charge on any atom is -0.490 e. The summed E-state index contributed by atoms with van der Waals surface area (Å²) in [5, 5.41) is 0. The first-order valence-corrected chi connectivity index (χ1v) is 12.3. The van der Waals surface area contributed by atoms with Crippen LogP contribution in [0.3, 0.4) is 0 Å². The van der Waals surface area contributed by atoms with Gasteiger partial charge in [-0.1, -0.05) is 31.4 Å². The van der Waals surface area contributed by atoms with Crippen LogP contribution in [0, 0.1) is 5.82 Å². The summed E-state index contributed by atoms with van der Waals surface area (Å²) < 4.78 is 39.8. The summed E-state index contributed by atoms with van der Waals surface area (Å²) in [7, 11) is 1.20. The quantitative estimate of drug-likeness (QED) is 0.119. The number of benzene rings is 3. The first kappa shape index (κ1) is 30.3. The number of methoxy groups -OCH3 is 1. The van der Waals surface area contributed by atoms with Crippen molar-refractivity contribution in [2.24, 2.45) is 0 Å². The Bertz CT molecular complexity index is 1430. The zero-order valence-electron chi connectivity index (χ0n) is 22.2. The van der Waals surface area contributed by atoms with Crippen LogP contribution in [0.1, 0.15) is 23.2 Å². The monoisotopic (exact) mass is 562 g/mol. The highest BCUT2D eigenvalue weighted by Crippen LogP contribution is 2.27. The molecule has 10 heteroatoms. The molecule has 0 bridgehead atoms. The standard InChI is InChI=1S/C31H27FO9/c1-4-28(33)39-17-5-16-38-27-15-10-23(19-26(27)32)21-6-11-25(12-7-21)41-31(36)22-8-13-24(14-9-22)40-30(35)20(2)18-29(34)37-3/h4,6-15,19H,1-2,5,16-18H2,3H3. The second kappa shape index (κ2) is 14.8. The minimum absolute atomic E-state index is 0.0706. The second-order valence-electron chi connectivity index (χ2n) is 8.40. The summed E-state index contributed by atoms with van der Waals surface area (Å²) in [6.07, 6.45) is 1.16. The van der Waals surface area contributed by atoms with Crippen LogP contribution in [0.25, 0.3) is 11.1 Å². The molecule has 0 amide bonds. The van der Waals surface area contributed by atoms with Crippen LogP contribution >= 0.6 is 0 Å². The van der Waals surface area contributed by atoms with Gasteiger partial charge in [0.1, 0.15) is 11.5 Å². The Labute approximate surface area is 235 Å². The summed E-state index contributed by atoms with van der Waals surface area (Å²) in [5.74, 6) is -2.64. The molecule has 0 saturated carbocycles. The Morgan fingerprint density at radius 3 is 2.12 bits per heavy atom. The van der Waals surface area contributed by atoms with Gasteiger partial charge in [-0.3, -0.25) is 4.79 Å². The van der Waals surface area contributed by atoms with E-state index in [4.69, 9.17) is 18.9 Å². The molecule has 0 saturated heterocycles. The second-order valence-corrected chi connectivity index (χ2v) is 8.40. The number of carbonyl (C=O) groups is 4. The van der Waals surface area contributed by atoms with E-state index in [0.29, 0.717) is 17.5 Å². The maximum atomic E-state index is 14.5. The molecule has 3 rings (SSSR count). The molecule has 0 heterocycles. The Balaban J connectivity index is 1.52. The van der Waals surface area contributed by atoms with Crippen LogP contribution in [0.15, 0.2) is 91.5 Å². The van der Waals surface area contributed by atoms with Gasteiger partial charge >= 0.3 is 23.9 Å². The molecule has 0 aliphatic heterocycles. The summed E-state index contributed by atoms with van der Waals surface area (Å²) >= 11 is 0. The first-order valence-electron chi connectivity index (χ1n) is 12.3. The van der Waals surface area contributed by atoms with E-state index in [-0.39, 0.29) is 48.0 Å². The third-order valence-corrected chi connectivity index (χ3v) is 5.46. The SMILES string of the molecule is C=CC(=O)OCCCOc1ccc(-c2ccc(OC(=O)c3ccc(OC(=O)C(=C)CC(=O)OC)cc3)cc2)cc1F. The third-order valence-electron chi connectivity index (χ3n) is 5.46. The van der Waals surface area contributed by atoms with Crippen molar-refractivity contribution < 1.29 is 47.3 Å². The number of esters is 4. The highest BCUT2D eigenvalue weighted by molar-refractivity contribution is 5.95. The van der Waals surface area contributed by atoms with Crippen molar-refractivity contribution in [2.75, 3.05) is 20.3 Å². The van der Waals surface area contributed by atoms with Gasteiger partial charge in [0.25, 0.3) is 0 Å². The molecule has 0 aliphatic rings. The number of ether oxygens (including phenoxy) is 5. The largest absolute Gasteiger partial charge is 0.490 e. The Morgan fingerprint density at radius 2 is 1.49 bits per heavy atom. The van der Waals surface area contributed by atoms with Gasteiger partial charge in [0.15, 0.2) is 11.6 Å². The summed E-state index contributed by atoms with van der Waals surface area (Å²) in [5.41, 5.74) is 1.41. The molecule has 0 fully saturated rings. The topological polar surface area (TPSA) is 114 Å². The Kier molecular flexibility index (Phi) is 10.9. The number of hydrogen-bond donors (Lipinski definition) is 0. The molecular formula is C31H27FO9. The zero-order chi connectivity index (χ0) is 29.8. The van der Waals surface area contributed by atoms with E-state index >= 15 is 0 Å². The van der Waals surface area contributed by atoms with Crippen LogP contribution in [0.2, 0.25) is 0 Å².